The average Bonchev–Trinajstić information content (AvgIpc) is 2.69. The van der Waals surface area contributed by atoms with Crippen LogP contribution in [0.3, 0.4) is 0 Å². The molecule has 2 aromatic rings. The highest BCUT2D eigenvalue weighted by Crippen LogP contribution is 2.43. The topological polar surface area (TPSA) is 62.2 Å². The molecule has 1 saturated carbocycles. The fourth-order valence-corrected chi connectivity index (χ4v) is 3.93. The molecule has 1 aromatic carbocycles. The summed E-state index contributed by atoms with van der Waals surface area (Å²) in [6.07, 6.45) is 1.88. The number of nitrogens with one attached hydrogen (secondary N) is 1. The minimum atomic E-state index is -1.08. The van der Waals surface area contributed by atoms with Gasteiger partial charge in [0.05, 0.1) is 16.1 Å². The zero-order valence-corrected chi connectivity index (χ0v) is 17.9. The van der Waals surface area contributed by atoms with Crippen LogP contribution in [0.2, 0.25) is 10.0 Å². The van der Waals surface area contributed by atoms with E-state index < -0.39 is 17.9 Å². The second-order valence-electron chi connectivity index (χ2n) is 7.42. The predicted molar refractivity (Wildman–Crippen MR) is 111 cm³/mol. The van der Waals surface area contributed by atoms with Crippen LogP contribution in [0.1, 0.15) is 38.7 Å². The van der Waals surface area contributed by atoms with Gasteiger partial charge in [-0.3, -0.25) is 4.79 Å². The van der Waals surface area contributed by atoms with E-state index in [0.29, 0.717) is 40.4 Å². The zero-order chi connectivity index (χ0) is 21.7. The monoisotopic (exact) mass is 444 g/mol. The molecule has 0 aliphatic heterocycles. The Morgan fingerprint density at radius 1 is 1.14 bits per heavy atom. The number of aliphatic hydroxyl groups is 1. The summed E-state index contributed by atoms with van der Waals surface area (Å²) in [5.74, 6) is -1.51. The molecule has 0 saturated heterocycles. The highest BCUT2D eigenvalue weighted by Gasteiger charge is 2.39. The van der Waals surface area contributed by atoms with E-state index in [1.807, 2.05) is 6.92 Å². The first-order valence-corrected chi connectivity index (χ1v) is 10.1. The molecule has 8 heteroatoms. The van der Waals surface area contributed by atoms with Gasteiger partial charge in [-0.15, -0.1) is 0 Å². The standard InChI is InChI=1S/C14H19F2NO.C7H5Cl2NO/c1-7-6-11(13(18)9(3)8(7)2)10-4-5-17-14(16)12(10)15;8-6-2-1-5(10-4-11)3-7(6)9/h4-5,7-9,11,13,18H,6H2,1-3H3;1-4H,(H,10,11)/t7?,8?,9-,11?,13?;/m0./s1. The number of carbonyl (C=O) groups is 1. The molecule has 1 amide bonds. The first-order chi connectivity index (χ1) is 13.7. The molecule has 0 spiro atoms. The third-order valence-corrected chi connectivity index (χ3v) is 6.46. The highest BCUT2D eigenvalue weighted by atomic mass is 35.5. The maximum Gasteiger partial charge on any atom is 0.249 e. The van der Waals surface area contributed by atoms with Crippen molar-refractivity contribution in [3.05, 3.63) is 57.8 Å². The number of carbonyl (C=O) groups excluding carboxylic acids is 1. The lowest BCUT2D eigenvalue weighted by Crippen LogP contribution is -2.39. The van der Waals surface area contributed by atoms with E-state index in [1.54, 1.807) is 18.2 Å². The Hall–Kier alpha value is -1.76. The van der Waals surface area contributed by atoms with E-state index in [0.717, 1.165) is 0 Å². The predicted octanol–water partition coefficient (Wildman–Crippen LogP) is 5.68. The maximum atomic E-state index is 13.8. The average molecular weight is 445 g/mol. The van der Waals surface area contributed by atoms with E-state index in [-0.39, 0.29) is 17.4 Å². The Bertz CT molecular complexity index is 853. The number of hydrogen-bond acceptors (Lipinski definition) is 3. The number of aliphatic hydroxyl groups excluding tert-OH is 1. The van der Waals surface area contributed by atoms with Gasteiger partial charge in [-0.25, -0.2) is 9.37 Å². The molecular formula is C21H24Cl2F2N2O2. The number of benzene rings is 1. The first-order valence-electron chi connectivity index (χ1n) is 9.30. The van der Waals surface area contributed by atoms with Crippen molar-refractivity contribution in [2.75, 3.05) is 5.32 Å². The van der Waals surface area contributed by atoms with Gasteiger partial charge < -0.3 is 10.4 Å². The maximum absolute atomic E-state index is 13.8. The molecule has 4 nitrogen and oxygen atoms in total. The van der Waals surface area contributed by atoms with E-state index in [4.69, 9.17) is 23.2 Å². The number of anilines is 1. The molecule has 3 rings (SSSR count). The van der Waals surface area contributed by atoms with Gasteiger partial charge in [-0.2, -0.15) is 4.39 Å². The van der Waals surface area contributed by atoms with Crippen LogP contribution < -0.4 is 5.32 Å². The van der Waals surface area contributed by atoms with Gasteiger partial charge in [-0.1, -0.05) is 44.0 Å². The molecule has 5 atom stereocenters. The van der Waals surface area contributed by atoms with E-state index in [9.17, 15) is 18.7 Å². The second kappa shape index (κ2) is 10.3. The molecular weight excluding hydrogens is 421 g/mol. The van der Waals surface area contributed by atoms with Gasteiger partial charge in [0.1, 0.15) is 0 Å². The number of nitrogens with zero attached hydrogens (tertiary/aromatic N) is 1. The Balaban J connectivity index is 0.000000234. The van der Waals surface area contributed by atoms with E-state index >= 15 is 0 Å². The van der Waals surface area contributed by atoms with Gasteiger partial charge in [-0.05, 0) is 54.0 Å². The summed E-state index contributed by atoms with van der Waals surface area (Å²) in [7, 11) is 0. The van der Waals surface area contributed by atoms with Crippen LogP contribution in [-0.2, 0) is 4.79 Å². The van der Waals surface area contributed by atoms with E-state index in [2.05, 4.69) is 24.1 Å². The fraction of sp³-hybridized carbons (Fsp3) is 0.429. The molecule has 2 N–H and O–H groups in total. The van der Waals surface area contributed by atoms with Crippen molar-refractivity contribution in [2.24, 2.45) is 17.8 Å². The molecule has 1 aromatic heterocycles. The molecule has 29 heavy (non-hydrogen) atoms. The molecule has 158 valence electrons. The molecule has 1 fully saturated rings. The van der Waals surface area contributed by atoms with Crippen molar-refractivity contribution in [3.63, 3.8) is 0 Å². The van der Waals surface area contributed by atoms with Crippen LogP contribution in [0.5, 0.6) is 0 Å². The van der Waals surface area contributed by atoms with Crippen LogP contribution in [0.25, 0.3) is 0 Å². The SMILES string of the molecule is CC1CC(c2ccnc(F)c2F)C(O)[C@@H](C)C1C.O=CNc1ccc(Cl)c(Cl)c1. The van der Waals surface area contributed by atoms with Crippen LogP contribution in [-0.4, -0.2) is 22.6 Å². The van der Waals surface area contributed by atoms with Gasteiger partial charge in [0.2, 0.25) is 12.4 Å². The first kappa shape index (κ1) is 23.5. The van der Waals surface area contributed by atoms with Crippen LogP contribution in [0, 0.1) is 29.5 Å². The summed E-state index contributed by atoms with van der Waals surface area (Å²) in [5.41, 5.74) is 0.884. The lowest BCUT2D eigenvalue weighted by atomic mass is 9.66. The normalized spacial score (nSPS) is 26.3. The molecule has 1 aliphatic carbocycles. The Labute approximate surface area is 179 Å². The second-order valence-corrected chi connectivity index (χ2v) is 8.24. The van der Waals surface area contributed by atoms with Gasteiger partial charge >= 0.3 is 0 Å². The molecule has 1 aliphatic rings. The third kappa shape index (κ3) is 5.65. The summed E-state index contributed by atoms with van der Waals surface area (Å²) in [5, 5.41) is 13.6. The van der Waals surface area contributed by atoms with Crippen molar-refractivity contribution < 1.29 is 18.7 Å². The molecule has 0 radical (unpaired) electrons. The molecule has 4 unspecified atom stereocenters. The van der Waals surface area contributed by atoms with Gasteiger partial charge in [0.15, 0.2) is 5.82 Å². The zero-order valence-electron chi connectivity index (χ0n) is 16.4. The molecule has 0 bridgehead atoms. The lowest BCUT2D eigenvalue weighted by Gasteiger charge is -2.41. The van der Waals surface area contributed by atoms with Gasteiger partial charge in [0.25, 0.3) is 0 Å². The summed E-state index contributed by atoms with van der Waals surface area (Å²) in [4.78, 5) is 13.3. The van der Waals surface area contributed by atoms with Crippen molar-refractivity contribution in [3.8, 4) is 0 Å². The van der Waals surface area contributed by atoms with Gasteiger partial charge in [0, 0.05) is 17.8 Å². The number of pyridine rings is 1. The van der Waals surface area contributed by atoms with Crippen LogP contribution in [0.4, 0.5) is 14.5 Å². The Morgan fingerprint density at radius 3 is 2.45 bits per heavy atom. The Morgan fingerprint density at radius 2 is 1.83 bits per heavy atom. The lowest BCUT2D eigenvalue weighted by molar-refractivity contribution is -0.105. The van der Waals surface area contributed by atoms with Crippen LogP contribution >= 0.6 is 23.2 Å². The third-order valence-electron chi connectivity index (χ3n) is 5.72. The van der Waals surface area contributed by atoms with Crippen molar-refractivity contribution in [1.29, 1.82) is 0 Å². The fourth-order valence-electron chi connectivity index (χ4n) is 3.63. The van der Waals surface area contributed by atoms with Crippen molar-refractivity contribution in [1.82, 2.24) is 4.98 Å². The molecule has 1 heterocycles. The number of hydrogen-bond donors (Lipinski definition) is 2. The number of halogens is 4. The summed E-state index contributed by atoms with van der Waals surface area (Å²) in [6, 6.07) is 6.35. The number of rotatable bonds is 3. The largest absolute Gasteiger partial charge is 0.392 e. The summed E-state index contributed by atoms with van der Waals surface area (Å²) in [6.45, 7) is 6.15. The van der Waals surface area contributed by atoms with Crippen molar-refractivity contribution >= 4 is 35.3 Å². The summed E-state index contributed by atoms with van der Waals surface area (Å²) < 4.78 is 26.9. The minimum Gasteiger partial charge on any atom is -0.392 e. The van der Waals surface area contributed by atoms with E-state index in [1.165, 1.54) is 12.3 Å². The van der Waals surface area contributed by atoms with Crippen molar-refractivity contribution in [2.45, 2.75) is 39.2 Å². The highest BCUT2D eigenvalue weighted by molar-refractivity contribution is 6.42. The smallest absolute Gasteiger partial charge is 0.249 e. The minimum absolute atomic E-state index is 0.0781. The Kier molecular flexibility index (Phi) is 8.37. The summed E-state index contributed by atoms with van der Waals surface area (Å²) >= 11 is 11.3. The quantitative estimate of drug-likeness (QED) is 0.472. The van der Waals surface area contributed by atoms with Crippen LogP contribution in [0.15, 0.2) is 30.5 Å². The number of amides is 1. The number of aromatic nitrogens is 1.